The van der Waals surface area contributed by atoms with Crippen LogP contribution in [-0.4, -0.2) is 43.0 Å². The molecular weight excluding hydrogens is 316 g/mol. The highest BCUT2D eigenvalue weighted by Gasteiger charge is 2.03. The van der Waals surface area contributed by atoms with Gasteiger partial charge in [0.05, 0.1) is 23.8 Å². The third-order valence-electron chi connectivity index (χ3n) is 3.03. The first-order valence-electron chi connectivity index (χ1n) is 7.14. The summed E-state index contributed by atoms with van der Waals surface area (Å²) in [6, 6.07) is 5.53. The molecule has 2 heterocycles. The molecule has 0 saturated heterocycles. The lowest BCUT2D eigenvalue weighted by Gasteiger charge is -2.09. The zero-order chi connectivity index (χ0) is 16.7. The smallest absolute Gasteiger partial charge is 0.208 e. The fourth-order valence-electron chi connectivity index (χ4n) is 1.88. The molecule has 0 aliphatic heterocycles. The summed E-state index contributed by atoms with van der Waals surface area (Å²) in [5.74, 6) is 0.656. The van der Waals surface area contributed by atoms with Gasteiger partial charge < -0.3 is 4.74 Å². The Hall–Kier alpha value is -2.19. The van der Waals surface area contributed by atoms with Crippen LogP contribution in [0, 0.1) is 0 Å². The maximum absolute atomic E-state index is 10.9. The van der Waals surface area contributed by atoms with E-state index in [2.05, 4.69) is 26.5 Å². The number of nitrogens with zero attached hydrogens (tertiary/aromatic N) is 2. The van der Waals surface area contributed by atoms with Gasteiger partial charge in [-0.05, 0) is 36.6 Å². The number of hydrogen-bond acceptors (Lipinski definition) is 5. The Morgan fingerprint density at radius 3 is 2.83 bits per heavy atom. The average molecular weight is 336 g/mol. The minimum Gasteiger partial charge on any atom is -0.488 e. The second-order valence-corrected chi connectivity index (χ2v) is 6.99. The Bertz CT molecular complexity index is 725. The summed E-state index contributed by atoms with van der Waals surface area (Å²) in [6.45, 7) is 4.71. The first kappa shape index (κ1) is 17.2. The van der Waals surface area contributed by atoms with E-state index in [1.165, 1.54) is 0 Å². The zero-order valence-electron chi connectivity index (χ0n) is 12.9. The molecule has 2 rings (SSSR count). The van der Waals surface area contributed by atoms with Crippen LogP contribution in [0.1, 0.15) is 12.8 Å². The van der Waals surface area contributed by atoms with E-state index >= 15 is 0 Å². The lowest BCUT2D eigenvalue weighted by molar-refractivity contribution is 0.346. The molecule has 0 amide bonds. The van der Waals surface area contributed by atoms with Crippen LogP contribution >= 0.6 is 0 Å². The number of aromatic amines is 1. The predicted molar refractivity (Wildman–Crippen MR) is 88.5 cm³/mol. The summed E-state index contributed by atoms with van der Waals surface area (Å²) >= 11 is 0. The maximum Gasteiger partial charge on any atom is 0.208 e. The van der Waals surface area contributed by atoms with Crippen molar-refractivity contribution in [2.45, 2.75) is 12.8 Å². The van der Waals surface area contributed by atoms with Crippen molar-refractivity contribution in [3.05, 3.63) is 42.7 Å². The Morgan fingerprint density at radius 1 is 1.39 bits per heavy atom. The Kier molecular flexibility index (Phi) is 5.89. The van der Waals surface area contributed by atoms with Crippen LogP contribution < -0.4 is 9.46 Å². The first-order valence-corrected chi connectivity index (χ1v) is 9.03. The number of aromatic nitrogens is 3. The van der Waals surface area contributed by atoms with Crippen LogP contribution in [0.25, 0.3) is 11.4 Å². The van der Waals surface area contributed by atoms with E-state index in [1.54, 1.807) is 12.4 Å². The lowest BCUT2D eigenvalue weighted by Crippen LogP contribution is -2.23. The minimum atomic E-state index is -3.13. The molecule has 124 valence electrons. The fraction of sp³-hybridized carbons (Fsp3) is 0.333. The molecule has 23 heavy (non-hydrogen) atoms. The van der Waals surface area contributed by atoms with Gasteiger partial charge >= 0.3 is 0 Å². The molecule has 0 spiro atoms. The summed E-state index contributed by atoms with van der Waals surface area (Å²) in [7, 11) is -3.13. The lowest BCUT2D eigenvalue weighted by atomic mass is 10.2. The molecule has 0 fully saturated rings. The van der Waals surface area contributed by atoms with Crippen molar-refractivity contribution < 1.29 is 13.2 Å². The van der Waals surface area contributed by atoms with E-state index in [-0.39, 0.29) is 0 Å². The number of sulfonamides is 1. The van der Waals surface area contributed by atoms with Crippen LogP contribution in [0.3, 0.4) is 0 Å². The third kappa shape index (κ3) is 6.21. The quantitative estimate of drug-likeness (QED) is 0.537. The van der Waals surface area contributed by atoms with Crippen molar-refractivity contribution in [3.63, 3.8) is 0 Å². The number of pyridine rings is 1. The average Bonchev–Trinajstić information content (AvgIpc) is 3.03. The molecule has 8 heteroatoms. The van der Waals surface area contributed by atoms with Crippen LogP contribution in [0.5, 0.6) is 5.75 Å². The normalized spacial score (nSPS) is 11.3. The number of nitrogens with one attached hydrogen (secondary N) is 2. The standard InChI is InChI=1S/C15H20N4O3S/c1-12(4-3-8-18-23(2,20)21)11-22-13-5-6-14(16-10-13)15-7-9-17-19-15/h5-7,9-10,18H,1,3-4,8,11H2,2H3,(H,17,19). The van der Waals surface area contributed by atoms with Crippen molar-refractivity contribution in [1.29, 1.82) is 0 Å². The second kappa shape index (κ2) is 7.89. The van der Waals surface area contributed by atoms with Crippen molar-refractivity contribution in [1.82, 2.24) is 19.9 Å². The molecule has 0 bridgehead atoms. The maximum atomic E-state index is 10.9. The van der Waals surface area contributed by atoms with E-state index in [0.29, 0.717) is 31.7 Å². The van der Waals surface area contributed by atoms with Gasteiger partial charge in [-0.1, -0.05) is 6.58 Å². The van der Waals surface area contributed by atoms with Crippen molar-refractivity contribution >= 4 is 10.0 Å². The third-order valence-corrected chi connectivity index (χ3v) is 3.76. The molecule has 0 aliphatic carbocycles. The van der Waals surface area contributed by atoms with Gasteiger partial charge in [-0.3, -0.25) is 10.1 Å². The van der Waals surface area contributed by atoms with Gasteiger partial charge in [0.2, 0.25) is 10.0 Å². The molecule has 2 N–H and O–H groups in total. The molecule has 0 radical (unpaired) electrons. The number of rotatable bonds is 9. The largest absolute Gasteiger partial charge is 0.488 e. The van der Waals surface area contributed by atoms with Gasteiger partial charge in [-0.25, -0.2) is 13.1 Å². The number of H-pyrrole nitrogens is 1. The summed E-state index contributed by atoms with van der Waals surface area (Å²) in [4.78, 5) is 4.30. The topological polar surface area (TPSA) is 97.0 Å². The fourth-order valence-corrected chi connectivity index (χ4v) is 2.39. The monoisotopic (exact) mass is 336 g/mol. The zero-order valence-corrected chi connectivity index (χ0v) is 13.8. The van der Waals surface area contributed by atoms with Gasteiger partial charge in [-0.2, -0.15) is 5.10 Å². The predicted octanol–water partition coefficient (Wildman–Crippen LogP) is 1.74. The van der Waals surface area contributed by atoms with Gasteiger partial charge in [0.15, 0.2) is 0 Å². The van der Waals surface area contributed by atoms with Crippen LogP contribution in [0.15, 0.2) is 42.7 Å². The Balaban J connectivity index is 1.72. The van der Waals surface area contributed by atoms with Crippen molar-refractivity contribution in [2.24, 2.45) is 0 Å². The summed E-state index contributed by atoms with van der Waals surface area (Å²) in [5, 5.41) is 6.73. The van der Waals surface area contributed by atoms with E-state index in [9.17, 15) is 8.42 Å². The molecule has 0 aromatic carbocycles. The highest BCUT2D eigenvalue weighted by atomic mass is 32.2. The first-order chi connectivity index (χ1) is 10.9. The highest BCUT2D eigenvalue weighted by Crippen LogP contribution is 2.17. The van der Waals surface area contributed by atoms with Gasteiger partial charge in [-0.15, -0.1) is 0 Å². The molecular formula is C15H20N4O3S. The van der Waals surface area contributed by atoms with E-state index in [4.69, 9.17) is 4.74 Å². The molecule has 2 aromatic rings. The molecule has 2 aromatic heterocycles. The van der Waals surface area contributed by atoms with Crippen molar-refractivity contribution in [2.75, 3.05) is 19.4 Å². The summed E-state index contributed by atoms with van der Waals surface area (Å²) in [6.07, 6.45) is 5.85. The van der Waals surface area contributed by atoms with Gasteiger partial charge in [0.25, 0.3) is 0 Å². The molecule has 0 unspecified atom stereocenters. The van der Waals surface area contributed by atoms with Crippen LogP contribution in [0.4, 0.5) is 0 Å². The van der Waals surface area contributed by atoms with Crippen LogP contribution in [-0.2, 0) is 10.0 Å². The van der Waals surface area contributed by atoms with Crippen molar-refractivity contribution in [3.8, 4) is 17.1 Å². The molecule has 0 aliphatic rings. The number of ether oxygens (including phenoxy) is 1. The minimum absolute atomic E-state index is 0.379. The molecule has 0 saturated carbocycles. The highest BCUT2D eigenvalue weighted by molar-refractivity contribution is 7.88. The molecule has 0 atom stereocenters. The van der Waals surface area contributed by atoms with Gasteiger partial charge in [0.1, 0.15) is 12.4 Å². The SMILES string of the molecule is C=C(CCCNS(C)(=O)=O)COc1ccc(-c2ccn[nH]2)nc1. The Labute approximate surface area is 135 Å². The van der Waals surface area contributed by atoms with E-state index in [0.717, 1.165) is 23.2 Å². The second-order valence-electron chi connectivity index (χ2n) is 5.16. The summed E-state index contributed by atoms with van der Waals surface area (Å²) in [5.41, 5.74) is 2.54. The molecule has 7 nitrogen and oxygen atoms in total. The van der Waals surface area contributed by atoms with Gasteiger partial charge in [0, 0.05) is 12.7 Å². The van der Waals surface area contributed by atoms with E-state index in [1.807, 2.05) is 18.2 Å². The van der Waals surface area contributed by atoms with E-state index < -0.39 is 10.0 Å². The summed E-state index contributed by atoms with van der Waals surface area (Å²) < 4.78 is 29.9. The van der Waals surface area contributed by atoms with Crippen LogP contribution in [0.2, 0.25) is 0 Å². The Morgan fingerprint density at radius 2 is 2.22 bits per heavy atom. The number of hydrogen-bond donors (Lipinski definition) is 2.